The summed E-state index contributed by atoms with van der Waals surface area (Å²) in [5, 5.41) is 7.36. The Balaban J connectivity index is 2.46. The molecule has 0 radical (unpaired) electrons. The van der Waals surface area contributed by atoms with Gasteiger partial charge in [0.1, 0.15) is 0 Å². The molecule has 0 saturated carbocycles. The van der Waals surface area contributed by atoms with Gasteiger partial charge in [-0.05, 0) is 44.1 Å². The van der Waals surface area contributed by atoms with E-state index >= 15 is 0 Å². The van der Waals surface area contributed by atoms with Crippen molar-refractivity contribution in [2.24, 2.45) is 10.8 Å². The fraction of sp³-hybridized carbons (Fsp3) is 1.00. The van der Waals surface area contributed by atoms with Crippen molar-refractivity contribution in [3.8, 4) is 0 Å². The molecule has 1 atom stereocenters. The van der Waals surface area contributed by atoms with Crippen molar-refractivity contribution in [1.82, 2.24) is 10.6 Å². The highest BCUT2D eigenvalue weighted by atomic mass is 15.0. The molecule has 2 heteroatoms. The van der Waals surface area contributed by atoms with E-state index in [1.54, 1.807) is 0 Å². The first-order valence-electron chi connectivity index (χ1n) is 7.02. The van der Waals surface area contributed by atoms with Crippen molar-refractivity contribution < 1.29 is 0 Å². The van der Waals surface area contributed by atoms with Gasteiger partial charge >= 0.3 is 0 Å². The zero-order valence-corrected chi connectivity index (χ0v) is 12.9. The minimum absolute atomic E-state index is 0.293. The maximum atomic E-state index is 3.78. The number of hydrogen-bond acceptors (Lipinski definition) is 2. The molecule has 2 nitrogen and oxygen atoms in total. The number of hydrogen-bond donors (Lipinski definition) is 2. The van der Waals surface area contributed by atoms with Gasteiger partial charge in [-0.25, -0.2) is 0 Å². The van der Waals surface area contributed by atoms with Crippen LogP contribution >= 0.6 is 0 Å². The van der Waals surface area contributed by atoms with E-state index in [1.807, 2.05) is 0 Å². The van der Waals surface area contributed by atoms with Crippen LogP contribution in [0.25, 0.3) is 0 Å². The molecule has 0 aliphatic carbocycles. The maximum Gasteiger partial charge on any atom is 0.0139 e. The van der Waals surface area contributed by atoms with Gasteiger partial charge in [0.2, 0.25) is 0 Å². The first-order chi connectivity index (χ1) is 7.54. The Morgan fingerprint density at radius 3 is 2.24 bits per heavy atom. The molecule has 2 N–H and O–H groups in total. The molecule has 0 spiro atoms. The van der Waals surface area contributed by atoms with E-state index in [4.69, 9.17) is 0 Å². The van der Waals surface area contributed by atoms with Crippen LogP contribution in [0.3, 0.4) is 0 Å². The molecule has 0 bridgehead atoms. The second kappa shape index (κ2) is 4.89. The van der Waals surface area contributed by atoms with E-state index in [0.717, 1.165) is 13.1 Å². The van der Waals surface area contributed by atoms with Gasteiger partial charge in [-0.15, -0.1) is 0 Å². The highest BCUT2D eigenvalue weighted by Crippen LogP contribution is 2.37. The third-order valence-corrected chi connectivity index (χ3v) is 4.72. The molecule has 0 amide bonds. The summed E-state index contributed by atoms with van der Waals surface area (Å²) in [7, 11) is 0. The van der Waals surface area contributed by atoms with Crippen LogP contribution in [0.15, 0.2) is 0 Å². The number of piperidine rings is 1. The molecule has 1 saturated heterocycles. The lowest BCUT2D eigenvalue weighted by Gasteiger charge is -2.42. The van der Waals surface area contributed by atoms with E-state index in [0.29, 0.717) is 22.4 Å². The van der Waals surface area contributed by atoms with Crippen LogP contribution in [-0.4, -0.2) is 24.7 Å². The minimum atomic E-state index is 0.293. The third-order valence-electron chi connectivity index (χ3n) is 4.72. The van der Waals surface area contributed by atoms with Crippen LogP contribution in [0.1, 0.15) is 61.3 Å². The molecule has 0 aromatic carbocycles. The van der Waals surface area contributed by atoms with Crippen molar-refractivity contribution in [2.45, 2.75) is 72.9 Å². The van der Waals surface area contributed by atoms with Crippen LogP contribution in [0.5, 0.6) is 0 Å². The Bertz CT molecular complexity index is 248. The fourth-order valence-corrected chi connectivity index (χ4v) is 2.21. The van der Waals surface area contributed by atoms with Gasteiger partial charge in [-0.3, -0.25) is 0 Å². The van der Waals surface area contributed by atoms with Gasteiger partial charge in [0.25, 0.3) is 0 Å². The van der Waals surface area contributed by atoms with Gasteiger partial charge in [0.15, 0.2) is 0 Å². The molecular weight excluding hydrogens is 208 g/mol. The zero-order valence-electron chi connectivity index (χ0n) is 12.9. The van der Waals surface area contributed by atoms with E-state index < -0.39 is 0 Å². The number of nitrogens with one attached hydrogen (secondary N) is 2. The van der Waals surface area contributed by atoms with Gasteiger partial charge in [-0.2, -0.15) is 0 Å². The van der Waals surface area contributed by atoms with E-state index in [2.05, 4.69) is 59.1 Å². The van der Waals surface area contributed by atoms with E-state index in [9.17, 15) is 0 Å². The second-order valence-electron chi connectivity index (χ2n) is 8.02. The topological polar surface area (TPSA) is 24.1 Å². The van der Waals surface area contributed by atoms with Crippen molar-refractivity contribution in [2.75, 3.05) is 13.1 Å². The molecule has 1 unspecified atom stereocenters. The van der Waals surface area contributed by atoms with Gasteiger partial charge in [0.05, 0.1) is 0 Å². The normalized spacial score (nSPS) is 25.9. The molecular formula is C15H32N2. The van der Waals surface area contributed by atoms with Crippen LogP contribution in [0.4, 0.5) is 0 Å². The van der Waals surface area contributed by atoms with Crippen molar-refractivity contribution >= 4 is 0 Å². The second-order valence-corrected chi connectivity index (χ2v) is 8.02. The molecule has 1 fully saturated rings. The van der Waals surface area contributed by atoms with Crippen molar-refractivity contribution in [3.05, 3.63) is 0 Å². The minimum Gasteiger partial charge on any atom is -0.313 e. The fourth-order valence-electron chi connectivity index (χ4n) is 2.21. The van der Waals surface area contributed by atoms with Crippen LogP contribution in [0, 0.1) is 10.8 Å². The van der Waals surface area contributed by atoms with Crippen molar-refractivity contribution in [1.29, 1.82) is 0 Å². The lowest BCUT2D eigenvalue weighted by Crippen LogP contribution is -2.53. The van der Waals surface area contributed by atoms with Gasteiger partial charge in [-0.1, -0.05) is 34.6 Å². The summed E-state index contributed by atoms with van der Waals surface area (Å²) >= 11 is 0. The number of rotatable bonds is 3. The molecule has 102 valence electrons. The summed E-state index contributed by atoms with van der Waals surface area (Å²) in [4.78, 5) is 0. The first kappa shape index (κ1) is 15.0. The Morgan fingerprint density at radius 1 is 1.18 bits per heavy atom. The zero-order chi connectivity index (χ0) is 13.3. The smallest absolute Gasteiger partial charge is 0.0139 e. The molecule has 0 aromatic heterocycles. The average Bonchev–Trinajstić information content (AvgIpc) is 2.11. The third kappa shape index (κ3) is 4.26. The van der Waals surface area contributed by atoms with E-state index in [-0.39, 0.29) is 0 Å². The summed E-state index contributed by atoms with van der Waals surface area (Å²) < 4.78 is 0. The average molecular weight is 240 g/mol. The van der Waals surface area contributed by atoms with Crippen molar-refractivity contribution in [3.63, 3.8) is 0 Å². The van der Waals surface area contributed by atoms with Crippen LogP contribution < -0.4 is 10.6 Å². The quantitative estimate of drug-likeness (QED) is 0.792. The lowest BCUT2D eigenvalue weighted by atomic mass is 9.69. The van der Waals surface area contributed by atoms with Crippen LogP contribution in [0.2, 0.25) is 0 Å². The molecule has 1 aliphatic rings. The Labute approximate surface area is 108 Å². The van der Waals surface area contributed by atoms with Gasteiger partial charge < -0.3 is 10.6 Å². The summed E-state index contributed by atoms with van der Waals surface area (Å²) in [5.74, 6) is 0. The molecule has 0 aromatic rings. The highest BCUT2D eigenvalue weighted by molar-refractivity contribution is 4.91. The maximum absolute atomic E-state index is 3.78. The first-order valence-corrected chi connectivity index (χ1v) is 7.02. The highest BCUT2D eigenvalue weighted by Gasteiger charge is 2.34. The molecule has 17 heavy (non-hydrogen) atoms. The summed E-state index contributed by atoms with van der Waals surface area (Å²) in [5.41, 5.74) is 0.978. The van der Waals surface area contributed by atoms with Crippen LogP contribution in [-0.2, 0) is 0 Å². The largest absolute Gasteiger partial charge is 0.313 e. The summed E-state index contributed by atoms with van der Waals surface area (Å²) in [6.45, 7) is 18.6. The predicted octanol–water partition coefficient (Wildman–Crippen LogP) is 3.18. The standard InChI is InChI=1S/C15H32N2/c1-13(2,3)14(4,5)11-16-12-8-9-17-15(6,7)10-12/h12,16-17H,8-11H2,1-7H3. The lowest BCUT2D eigenvalue weighted by molar-refractivity contribution is 0.116. The molecule has 1 heterocycles. The SMILES string of the molecule is CC1(C)CC(NCC(C)(C)C(C)(C)C)CCN1. The summed E-state index contributed by atoms with van der Waals surface area (Å²) in [6.07, 6.45) is 2.48. The Morgan fingerprint density at radius 2 is 1.76 bits per heavy atom. The monoisotopic (exact) mass is 240 g/mol. The summed E-state index contributed by atoms with van der Waals surface area (Å²) in [6, 6.07) is 0.674. The Hall–Kier alpha value is -0.0800. The predicted molar refractivity (Wildman–Crippen MR) is 76.3 cm³/mol. The Kier molecular flexibility index (Phi) is 4.31. The van der Waals surface area contributed by atoms with E-state index in [1.165, 1.54) is 12.8 Å². The molecule has 1 rings (SSSR count). The molecule has 1 aliphatic heterocycles. The van der Waals surface area contributed by atoms with Gasteiger partial charge in [0, 0.05) is 18.1 Å².